The van der Waals surface area contributed by atoms with Crippen LogP contribution in [0.3, 0.4) is 0 Å². The summed E-state index contributed by atoms with van der Waals surface area (Å²) in [7, 11) is 1.62. The molecule has 0 radical (unpaired) electrons. The molecule has 1 N–H and O–H groups in total. The normalized spacial score (nSPS) is 11.1. The predicted molar refractivity (Wildman–Crippen MR) is 135 cm³/mol. The molecule has 0 aliphatic rings. The van der Waals surface area contributed by atoms with Crippen molar-refractivity contribution in [1.29, 1.82) is 0 Å². The van der Waals surface area contributed by atoms with E-state index in [0.29, 0.717) is 36.2 Å². The lowest BCUT2D eigenvalue weighted by molar-refractivity contribution is 0.205. The van der Waals surface area contributed by atoms with Gasteiger partial charge in [0.15, 0.2) is 5.13 Å². The molecule has 6 nitrogen and oxygen atoms in total. The number of nitrogens with one attached hydrogen (secondary N) is 1. The molecule has 0 bridgehead atoms. The third-order valence-electron chi connectivity index (χ3n) is 4.89. The minimum absolute atomic E-state index is 0.365. The summed E-state index contributed by atoms with van der Waals surface area (Å²) in [5.41, 5.74) is 3.33. The summed E-state index contributed by atoms with van der Waals surface area (Å²) in [6.45, 7) is 5.49. The minimum atomic E-state index is -0.365. The molecule has 3 aromatic heterocycles. The number of methoxy groups -OCH3 is 1. The molecule has 0 saturated carbocycles. The highest BCUT2D eigenvalue weighted by molar-refractivity contribution is 7.16. The Labute approximate surface area is 205 Å². The molecule has 4 rings (SSSR count). The van der Waals surface area contributed by atoms with Gasteiger partial charge in [-0.15, -0.1) is 22.7 Å². The number of hydrogen-bond acceptors (Lipinski definition) is 8. The van der Waals surface area contributed by atoms with Crippen LogP contribution >= 0.6 is 34.3 Å². The van der Waals surface area contributed by atoms with E-state index in [0.717, 1.165) is 32.0 Å². The highest BCUT2D eigenvalue weighted by Gasteiger charge is 2.14. The van der Waals surface area contributed by atoms with Crippen LogP contribution in [0.15, 0.2) is 41.9 Å². The lowest BCUT2D eigenvalue weighted by Crippen LogP contribution is -2.27. The van der Waals surface area contributed by atoms with E-state index in [4.69, 9.17) is 16.3 Å². The Bertz CT molecular complexity index is 1230. The number of hydrogen-bond donors (Lipinski definition) is 1. The summed E-state index contributed by atoms with van der Waals surface area (Å²) in [6.07, 6.45) is 1.78. The van der Waals surface area contributed by atoms with Crippen molar-refractivity contribution in [2.45, 2.75) is 20.4 Å². The lowest BCUT2D eigenvalue weighted by Gasteiger charge is -2.25. The van der Waals surface area contributed by atoms with Gasteiger partial charge in [0.2, 0.25) is 0 Å². The zero-order valence-electron chi connectivity index (χ0n) is 18.4. The molecule has 0 spiro atoms. The number of thiazole rings is 2. The van der Waals surface area contributed by atoms with Gasteiger partial charge in [0, 0.05) is 36.8 Å². The maximum absolute atomic E-state index is 14.5. The van der Waals surface area contributed by atoms with Gasteiger partial charge < -0.3 is 15.0 Å². The minimum Gasteiger partial charge on any atom is -0.383 e. The largest absolute Gasteiger partial charge is 0.383 e. The Morgan fingerprint density at radius 2 is 2.03 bits per heavy atom. The fraction of sp³-hybridized carbons (Fsp3) is 0.261. The predicted octanol–water partition coefficient (Wildman–Crippen LogP) is 6.47. The van der Waals surface area contributed by atoms with Crippen molar-refractivity contribution in [3.05, 3.63) is 69.0 Å². The first-order valence-electron chi connectivity index (χ1n) is 10.2. The van der Waals surface area contributed by atoms with Crippen molar-refractivity contribution in [2.75, 3.05) is 30.5 Å². The number of halogens is 2. The van der Waals surface area contributed by atoms with E-state index in [-0.39, 0.29) is 5.82 Å². The molecular formula is C23H23ClFN5OS2. The quantitative estimate of drug-likeness (QED) is 0.282. The number of anilines is 3. The average molecular weight is 504 g/mol. The second kappa shape index (κ2) is 10.6. The first-order valence-corrected chi connectivity index (χ1v) is 12.3. The van der Waals surface area contributed by atoms with Crippen molar-refractivity contribution < 1.29 is 9.13 Å². The molecule has 10 heteroatoms. The molecule has 172 valence electrons. The molecule has 0 amide bonds. The Kier molecular flexibility index (Phi) is 7.54. The average Bonchev–Trinajstić information content (AvgIpc) is 3.38. The van der Waals surface area contributed by atoms with Gasteiger partial charge in [0.1, 0.15) is 11.6 Å². The Hall–Kier alpha value is -2.59. The van der Waals surface area contributed by atoms with E-state index < -0.39 is 0 Å². The van der Waals surface area contributed by atoms with Gasteiger partial charge in [0.25, 0.3) is 0 Å². The molecule has 4 aromatic rings. The third-order valence-corrected chi connectivity index (χ3v) is 6.98. The van der Waals surface area contributed by atoms with Gasteiger partial charge in [-0.2, -0.15) is 0 Å². The summed E-state index contributed by atoms with van der Waals surface area (Å²) in [5, 5.41) is 7.43. The number of benzene rings is 1. The van der Waals surface area contributed by atoms with Crippen LogP contribution in [0.2, 0.25) is 5.02 Å². The summed E-state index contributed by atoms with van der Waals surface area (Å²) >= 11 is 9.07. The second-order valence-corrected chi connectivity index (χ2v) is 9.87. The first-order chi connectivity index (χ1) is 15.9. The van der Waals surface area contributed by atoms with Crippen molar-refractivity contribution in [1.82, 2.24) is 15.0 Å². The van der Waals surface area contributed by atoms with Gasteiger partial charge in [-0.1, -0.05) is 17.7 Å². The number of aryl methyl sites for hydroxylation is 2. The molecule has 0 aliphatic carbocycles. The van der Waals surface area contributed by atoms with Crippen molar-refractivity contribution >= 4 is 50.9 Å². The van der Waals surface area contributed by atoms with Crippen LogP contribution < -0.4 is 10.2 Å². The van der Waals surface area contributed by atoms with Gasteiger partial charge in [0.05, 0.1) is 33.6 Å². The SMILES string of the molecule is COCCN(Cc1ccc(Nc2nc(-c3sc(C)nc3C)cs2)nc1)c1ccc(Cl)cc1F. The van der Waals surface area contributed by atoms with E-state index in [9.17, 15) is 4.39 Å². The molecule has 3 heterocycles. The number of ether oxygens (including phenoxy) is 1. The molecule has 0 saturated heterocycles. The topological polar surface area (TPSA) is 63.2 Å². The second-order valence-electron chi connectivity index (χ2n) is 7.37. The van der Waals surface area contributed by atoms with Crippen LogP contribution in [0.25, 0.3) is 10.6 Å². The summed E-state index contributed by atoms with van der Waals surface area (Å²) in [4.78, 5) is 16.7. The highest BCUT2D eigenvalue weighted by Crippen LogP contribution is 2.33. The zero-order chi connectivity index (χ0) is 23.4. The molecular weight excluding hydrogens is 481 g/mol. The molecule has 0 atom stereocenters. The van der Waals surface area contributed by atoms with Gasteiger partial charge in [-0.25, -0.2) is 19.3 Å². The van der Waals surface area contributed by atoms with Gasteiger partial charge in [-0.05, 0) is 43.7 Å². The molecule has 1 aromatic carbocycles. The Balaban J connectivity index is 1.45. The van der Waals surface area contributed by atoms with E-state index in [1.165, 1.54) is 17.4 Å². The van der Waals surface area contributed by atoms with Crippen LogP contribution in [0.5, 0.6) is 0 Å². The lowest BCUT2D eigenvalue weighted by atomic mass is 10.2. The Morgan fingerprint density at radius 3 is 2.70 bits per heavy atom. The van der Waals surface area contributed by atoms with Crippen LogP contribution in [0.1, 0.15) is 16.3 Å². The van der Waals surface area contributed by atoms with Crippen LogP contribution in [0.4, 0.5) is 21.0 Å². The maximum Gasteiger partial charge on any atom is 0.188 e. The highest BCUT2D eigenvalue weighted by atomic mass is 35.5. The summed E-state index contributed by atoms with van der Waals surface area (Å²) in [6, 6.07) is 8.55. The number of nitrogens with zero attached hydrogens (tertiary/aromatic N) is 4. The van der Waals surface area contributed by atoms with Gasteiger partial charge in [-0.3, -0.25) is 0 Å². The molecule has 33 heavy (non-hydrogen) atoms. The van der Waals surface area contributed by atoms with Crippen molar-refractivity contribution in [2.24, 2.45) is 0 Å². The van der Waals surface area contributed by atoms with E-state index in [1.54, 1.807) is 36.8 Å². The standard InChI is InChI=1S/C23H23ClFN5OS2/c1-14-22(33-15(2)27-14)19-13-32-23(28-19)29-21-7-4-16(11-26-21)12-30(8-9-31-3)20-6-5-17(24)10-18(20)25/h4-7,10-11,13H,8-9,12H2,1-3H3,(H,26,28,29). The monoisotopic (exact) mass is 503 g/mol. The summed E-state index contributed by atoms with van der Waals surface area (Å²) in [5.74, 6) is 0.328. The number of pyridine rings is 1. The first kappa shape index (κ1) is 23.6. The van der Waals surface area contributed by atoms with Crippen LogP contribution in [-0.4, -0.2) is 35.2 Å². The van der Waals surface area contributed by atoms with Crippen LogP contribution in [0, 0.1) is 19.7 Å². The fourth-order valence-corrected chi connectivity index (χ4v) is 5.17. The third kappa shape index (κ3) is 5.86. The zero-order valence-corrected chi connectivity index (χ0v) is 20.8. The molecule has 0 aliphatic heterocycles. The van der Waals surface area contributed by atoms with Gasteiger partial charge >= 0.3 is 0 Å². The molecule has 0 fully saturated rings. The number of aromatic nitrogens is 3. The van der Waals surface area contributed by atoms with E-state index >= 15 is 0 Å². The van der Waals surface area contributed by atoms with E-state index in [1.807, 2.05) is 36.3 Å². The van der Waals surface area contributed by atoms with E-state index in [2.05, 4.69) is 20.3 Å². The molecule has 0 unspecified atom stereocenters. The van der Waals surface area contributed by atoms with Crippen molar-refractivity contribution in [3.8, 4) is 10.6 Å². The smallest absolute Gasteiger partial charge is 0.188 e. The van der Waals surface area contributed by atoms with Crippen LogP contribution in [-0.2, 0) is 11.3 Å². The Morgan fingerprint density at radius 1 is 1.18 bits per heavy atom. The number of rotatable bonds is 9. The maximum atomic E-state index is 14.5. The fourth-order valence-electron chi connectivity index (χ4n) is 3.35. The summed E-state index contributed by atoms with van der Waals surface area (Å²) < 4.78 is 19.7. The van der Waals surface area contributed by atoms with Crippen molar-refractivity contribution in [3.63, 3.8) is 0 Å².